The number of aliphatic hydroxyl groups excluding tert-OH is 2. The predicted molar refractivity (Wildman–Crippen MR) is 159 cm³/mol. The number of fused-ring (bicyclic) bond motifs is 1. The van der Waals surface area contributed by atoms with Crippen LogP contribution in [0.1, 0.15) is 80.6 Å². The number of aliphatic imine (C=N–C) groups is 1. The van der Waals surface area contributed by atoms with Gasteiger partial charge in [0.05, 0.1) is 29.8 Å². The molecule has 0 aromatic heterocycles. The van der Waals surface area contributed by atoms with Gasteiger partial charge in [0.1, 0.15) is 23.6 Å². The molecule has 3 heterocycles. The van der Waals surface area contributed by atoms with Crippen molar-refractivity contribution < 1.29 is 39.4 Å². The molecule has 0 aromatic carbocycles. The summed E-state index contributed by atoms with van der Waals surface area (Å²) in [5.74, 6) is -2.64. The standard InChI is InChI=1S/C31H53N3O8/c1-10-22-30(6,38)15-20-11-12-23(32)33-24(20)16(2)14-31(7,39)27(18(4)25(35)19(5)28(37)41-22)42-29-26(36)21(34(8)9)13-17(3)40-29/h15-19,21-22,25-27,29,32,35-36,38-39H,10-14H2,1-9H3/b20-15+,32-23?/t16-,17-,18+,19-,21+,22-,25+,26-,27-,29?,30+,31+/m1/s1. The van der Waals surface area contributed by atoms with E-state index in [1.54, 1.807) is 33.8 Å². The largest absolute Gasteiger partial charge is 0.459 e. The number of allylic oxidation sites excluding steroid dienone is 1. The normalized spacial score (nSPS) is 45.8. The molecule has 3 aliphatic rings. The lowest BCUT2D eigenvalue weighted by Crippen LogP contribution is -2.59. The third-order valence-corrected chi connectivity index (χ3v) is 9.22. The zero-order valence-corrected chi connectivity index (χ0v) is 26.7. The zero-order chi connectivity index (χ0) is 31.7. The van der Waals surface area contributed by atoms with Crippen LogP contribution >= 0.6 is 0 Å². The Morgan fingerprint density at radius 3 is 2.36 bits per heavy atom. The van der Waals surface area contributed by atoms with E-state index in [1.807, 2.05) is 39.8 Å². The number of nitrogens with one attached hydrogen (secondary N) is 1. The van der Waals surface area contributed by atoms with Gasteiger partial charge in [-0.1, -0.05) is 20.8 Å². The predicted octanol–water partition coefficient (Wildman–Crippen LogP) is 2.43. The van der Waals surface area contributed by atoms with Gasteiger partial charge in [-0.05, 0) is 79.1 Å². The van der Waals surface area contributed by atoms with E-state index in [-0.39, 0.29) is 30.3 Å². The molecule has 0 spiro atoms. The number of rotatable bonds is 4. The molecule has 0 bridgehead atoms. The molecule has 0 amide bonds. The number of aliphatic hydroxyl groups is 4. The average Bonchev–Trinajstić information content (AvgIpc) is 2.90. The SMILES string of the molecule is CC[C@H]1OC(=O)[C@H](C)[C@@H](O)[C@H](C)[C@@H](OC2O[C@H](C)C[C@H](N(C)C)[C@H]2O)[C@@](C)(O)C[C@@H](C)C2=NC(=N)CC/C2=C\[C@]1(C)O. The molecule has 11 nitrogen and oxygen atoms in total. The van der Waals surface area contributed by atoms with Crippen LogP contribution in [0.2, 0.25) is 0 Å². The van der Waals surface area contributed by atoms with E-state index in [0.717, 1.165) is 5.57 Å². The van der Waals surface area contributed by atoms with Crippen molar-refractivity contribution in [2.75, 3.05) is 14.1 Å². The molecule has 42 heavy (non-hydrogen) atoms. The van der Waals surface area contributed by atoms with Crippen LogP contribution in [0, 0.1) is 23.2 Å². The number of cyclic esters (lactones) is 1. The maximum Gasteiger partial charge on any atom is 0.311 e. The van der Waals surface area contributed by atoms with Crippen LogP contribution in [0.5, 0.6) is 0 Å². The summed E-state index contributed by atoms with van der Waals surface area (Å²) in [5, 5.41) is 54.4. The number of hydrogen-bond donors (Lipinski definition) is 5. The number of likely N-dealkylation sites (N-methyl/N-ethyl adjacent to an activating group) is 1. The zero-order valence-electron chi connectivity index (χ0n) is 26.7. The summed E-state index contributed by atoms with van der Waals surface area (Å²) in [6.07, 6.45) is -1.97. The summed E-state index contributed by atoms with van der Waals surface area (Å²) in [6.45, 7) is 12.0. The fourth-order valence-electron chi connectivity index (χ4n) is 6.78. The first kappa shape index (κ1) is 34.8. The summed E-state index contributed by atoms with van der Waals surface area (Å²) in [6, 6.07) is -0.246. The van der Waals surface area contributed by atoms with Crippen LogP contribution in [0.4, 0.5) is 0 Å². The molecule has 1 fully saturated rings. The number of amidine groups is 1. The fourth-order valence-corrected chi connectivity index (χ4v) is 6.78. The molecule has 0 radical (unpaired) electrons. The van der Waals surface area contributed by atoms with Crippen LogP contribution in [0.25, 0.3) is 0 Å². The van der Waals surface area contributed by atoms with Crippen molar-refractivity contribution in [3.63, 3.8) is 0 Å². The Kier molecular flexibility index (Phi) is 11.2. The first-order valence-corrected chi connectivity index (χ1v) is 15.3. The lowest BCUT2D eigenvalue weighted by Gasteiger charge is -2.46. The third kappa shape index (κ3) is 7.67. The van der Waals surface area contributed by atoms with E-state index in [2.05, 4.69) is 4.99 Å². The second kappa shape index (κ2) is 13.5. The van der Waals surface area contributed by atoms with Crippen molar-refractivity contribution in [1.82, 2.24) is 4.90 Å². The van der Waals surface area contributed by atoms with E-state index >= 15 is 0 Å². The maximum atomic E-state index is 13.3. The molecule has 240 valence electrons. The molecule has 0 aromatic rings. The van der Waals surface area contributed by atoms with Crippen molar-refractivity contribution >= 4 is 17.5 Å². The monoisotopic (exact) mass is 595 g/mol. The molecule has 0 saturated carbocycles. The van der Waals surface area contributed by atoms with E-state index in [9.17, 15) is 25.2 Å². The van der Waals surface area contributed by atoms with Gasteiger partial charge >= 0.3 is 5.97 Å². The Morgan fingerprint density at radius 1 is 1.12 bits per heavy atom. The minimum Gasteiger partial charge on any atom is -0.459 e. The van der Waals surface area contributed by atoms with Gasteiger partial charge in [0.15, 0.2) is 6.29 Å². The Bertz CT molecular complexity index is 1040. The molecule has 11 heteroatoms. The number of carbonyl (C=O) groups excluding carboxylic acids is 1. The Hall–Kier alpha value is -1.73. The van der Waals surface area contributed by atoms with Crippen molar-refractivity contribution in [1.29, 1.82) is 5.41 Å². The molecule has 12 atom stereocenters. The van der Waals surface area contributed by atoms with Gasteiger partial charge in [-0.2, -0.15) is 0 Å². The van der Waals surface area contributed by atoms with Gasteiger partial charge in [0.25, 0.3) is 0 Å². The molecular weight excluding hydrogens is 542 g/mol. The highest BCUT2D eigenvalue weighted by molar-refractivity contribution is 6.10. The molecular formula is C31H53N3O8. The number of carbonyl (C=O) groups is 1. The van der Waals surface area contributed by atoms with Crippen LogP contribution in [0.15, 0.2) is 16.6 Å². The summed E-state index contributed by atoms with van der Waals surface area (Å²) in [4.78, 5) is 19.7. The Morgan fingerprint density at radius 2 is 1.76 bits per heavy atom. The summed E-state index contributed by atoms with van der Waals surface area (Å²) >= 11 is 0. The van der Waals surface area contributed by atoms with E-state index < -0.39 is 59.7 Å². The highest BCUT2D eigenvalue weighted by Crippen LogP contribution is 2.38. The average molecular weight is 596 g/mol. The number of esters is 1. The van der Waals surface area contributed by atoms with Crippen molar-refractivity contribution in [2.45, 2.75) is 135 Å². The smallest absolute Gasteiger partial charge is 0.311 e. The van der Waals surface area contributed by atoms with Gasteiger partial charge in [-0.15, -0.1) is 0 Å². The molecule has 3 rings (SSSR count). The highest BCUT2D eigenvalue weighted by Gasteiger charge is 2.49. The molecule has 5 N–H and O–H groups in total. The Balaban J connectivity index is 2.10. The van der Waals surface area contributed by atoms with E-state index in [4.69, 9.17) is 19.6 Å². The van der Waals surface area contributed by atoms with Gasteiger partial charge < -0.3 is 39.5 Å². The van der Waals surface area contributed by atoms with Crippen LogP contribution < -0.4 is 0 Å². The maximum absolute atomic E-state index is 13.3. The van der Waals surface area contributed by atoms with Crippen molar-refractivity contribution in [3.8, 4) is 0 Å². The van der Waals surface area contributed by atoms with Crippen molar-refractivity contribution in [3.05, 3.63) is 11.6 Å². The fraction of sp³-hybridized carbons (Fsp3) is 0.839. The lowest BCUT2D eigenvalue weighted by atomic mass is 9.75. The minimum absolute atomic E-state index is 0.131. The van der Waals surface area contributed by atoms with Gasteiger partial charge in [-0.3, -0.25) is 10.2 Å². The minimum atomic E-state index is -1.59. The summed E-state index contributed by atoms with van der Waals surface area (Å²) in [7, 11) is 3.74. The topological polar surface area (TPSA) is 165 Å². The van der Waals surface area contributed by atoms with Crippen molar-refractivity contribution in [2.24, 2.45) is 22.7 Å². The van der Waals surface area contributed by atoms with Crippen LogP contribution in [-0.4, -0.2) is 111 Å². The van der Waals surface area contributed by atoms with Gasteiger partial charge in [0, 0.05) is 30.0 Å². The third-order valence-electron chi connectivity index (χ3n) is 9.22. The second-order valence-electron chi connectivity index (χ2n) is 13.4. The van der Waals surface area contributed by atoms with Crippen LogP contribution in [0.3, 0.4) is 0 Å². The van der Waals surface area contributed by atoms with E-state index in [0.29, 0.717) is 31.4 Å². The molecule has 0 aliphatic carbocycles. The lowest BCUT2D eigenvalue weighted by molar-refractivity contribution is -0.298. The Labute approximate surface area is 250 Å². The molecule has 1 unspecified atom stereocenters. The summed E-state index contributed by atoms with van der Waals surface area (Å²) in [5.41, 5.74) is -1.81. The molecule has 1 saturated heterocycles. The quantitative estimate of drug-likeness (QED) is 0.307. The number of nitrogens with zero attached hydrogens (tertiary/aromatic N) is 2. The number of ether oxygens (including phenoxy) is 3. The van der Waals surface area contributed by atoms with E-state index in [1.165, 1.54) is 0 Å². The van der Waals surface area contributed by atoms with Crippen LogP contribution in [-0.2, 0) is 19.0 Å². The first-order chi connectivity index (χ1) is 19.4. The van der Waals surface area contributed by atoms with Gasteiger partial charge in [0.2, 0.25) is 0 Å². The second-order valence-corrected chi connectivity index (χ2v) is 13.4. The highest BCUT2D eigenvalue weighted by atomic mass is 16.7. The first-order valence-electron chi connectivity index (χ1n) is 15.3. The summed E-state index contributed by atoms with van der Waals surface area (Å²) < 4.78 is 18.2. The van der Waals surface area contributed by atoms with Gasteiger partial charge in [-0.25, -0.2) is 4.99 Å². The molecule has 3 aliphatic heterocycles. The number of hydrogen-bond acceptors (Lipinski definition) is 10.